The summed E-state index contributed by atoms with van der Waals surface area (Å²) in [7, 11) is 0. The van der Waals surface area contributed by atoms with Crippen molar-refractivity contribution in [2.75, 3.05) is 6.54 Å². The molecule has 0 N–H and O–H groups in total. The summed E-state index contributed by atoms with van der Waals surface area (Å²) in [6, 6.07) is 1.19. The maximum Gasteiger partial charge on any atom is 0.0272 e. The average molecular weight is 159 g/mol. The first-order valence-corrected chi connectivity index (χ1v) is 4.26. The third-order valence-electron chi connectivity index (χ3n) is 1.61. The summed E-state index contributed by atoms with van der Waals surface area (Å²) in [5, 5.41) is 1.79. The monoisotopic (exact) mass is 159 g/mol. The maximum absolute atomic E-state index is 4.80. The van der Waals surface area contributed by atoms with Crippen molar-refractivity contribution in [1.29, 1.82) is 0 Å². The van der Waals surface area contributed by atoms with Crippen LogP contribution in [0.25, 0.3) is 0 Å². The molecule has 0 atom stereocenters. The smallest absolute Gasteiger partial charge is 0.0272 e. The molecule has 0 aliphatic heterocycles. The van der Waals surface area contributed by atoms with Crippen LogP contribution in [0.2, 0.25) is 0 Å². The van der Waals surface area contributed by atoms with Gasteiger partial charge in [-0.1, -0.05) is 12.2 Å². The molecule has 0 aromatic rings. The van der Waals surface area contributed by atoms with Gasteiger partial charge in [0.15, 0.2) is 0 Å². The van der Waals surface area contributed by atoms with Gasteiger partial charge in [-0.15, -0.1) is 0 Å². The second kappa shape index (κ2) is 4.80. The van der Waals surface area contributed by atoms with Crippen molar-refractivity contribution in [2.45, 2.75) is 39.8 Å². The summed E-state index contributed by atoms with van der Waals surface area (Å²) >= 11 is 4.80. The zero-order valence-corrected chi connectivity index (χ0v) is 8.11. The number of nitrogens with zero attached hydrogens (tertiary/aromatic N) is 1. The van der Waals surface area contributed by atoms with E-state index < -0.39 is 0 Å². The van der Waals surface area contributed by atoms with E-state index in [1.165, 1.54) is 0 Å². The first-order chi connectivity index (χ1) is 4.59. The Morgan fingerprint density at radius 3 is 1.70 bits per heavy atom. The minimum Gasteiger partial charge on any atom is -0.294 e. The van der Waals surface area contributed by atoms with Crippen LogP contribution in [0.5, 0.6) is 0 Å². The van der Waals surface area contributed by atoms with Crippen LogP contribution in [0, 0.1) is 0 Å². The molecule has 10 heavy (non-hydrogen) atoms. The molecule has 0 radical (unpaired) electrons. The Labute approximate surface area is 69.4 Å². The highest BCUT2D eigenvalue weighted by atomic mass is 32.1. The summed E-state index contributed by atoms with van der Waals surface area (Å²) in [5.41, 5.74) is 0. The highest BCUT2D eigenvalue weighted by Crippen LogP contribution is 2.02. The van der Waals surface area contributed by atoms with Crippen molar-refractivity contribution in [3.8, 4) is 0 Å². The summed E-state index contributed by atoms with van der Waals surface area (Å²) in [6.07, 6.45) is 0. The fourth-order valence-electron chi connectivity index (χ4n) is 1.10. The molecule has 0 fully saturated rings. The Kier molecular flexibility index (Phi) is 4.83. The lowest BCUT2D eigenvalue weighted by atomic mass is 10.2. The van der Waals surface area contributed by atoms with Gasteiger partial charge in [0.05, 0.1) is 0 Å². The Morgan fingerprint density at radius 1 is 1.20 bits per heavy atom. The summed E-state index contributed by atoms with van der Waals surface area (Å²) < 4.78 is 0. The molecule has 2 heteroatoms. The van der Waals surface area contributed by atoms with Crippen molar-refractivity contribution in [2.24, 2.45) is 0 Å². The summed E-state index contributed by atoms with van der Waals surface area (Å²) in [5.74, 6) is 0. The standard InChI is InChI=1S/C8H17NS/c1-7(2)9(5-6-10)8(3)4/h6-8H,5H2,1-4H3. The lowest BCUT2D eigenvalue weighted by Crippen LogP contribution is -2.37. The summed E-state index contributed by atoms with van der Waals surface area (Å²) in [4.78, 5) is 2.35. The molecule has 0 aliphatic rings. The van der Waals surface area contributed by atoms with E-state index in [0.29, 0.717) is 12.1 Å². The zero-order valence-electron chi connectivity index (χ0n) is 7.29. The van der Waals surface area contributed by atoms with Crippen molar-refractivity contribution in [1.82, 2.24) is 4.90 Å². The molecule has 0 rings (SSSR count). The highest BCUT2D eigenvalue weighted by molar-refractivity contribution is 7.79. The Balaban J connectivity index is 3.84. The SMILES string of the molecule is CC(C)N(CC=S)C(C)C. The fourth-order valence-corrected chi connectivity index (χ4v) is 1.28. The lowest BCUT2D eigenvalue weighted by molar-refractivity contribution is 0.205. The molecule has 0 saturated heterocycles. The molecule has 0 spiro atoms. The minimum atomic E-state index is 0.596. The van der Waals surface area contributed by atoms with Crippen LogP contribution < -0.4 is 0 Å². The van der Waals surface area contributed by atoms with Gasteiger partial charge in [0.1, 0.15) is 0 Å². The number of thiocarbonyl (C=S) groups is 1. The Bertz CT molecular complexity index is 91.4. The van der Waals surface area contributed by atoms with E-state index in [1.54, 1.807) is 5.37 Å². The van der Waals surface area contributed by atoms with Crippen LogP contribution in [0.3, 0.4) is 0 Å². The van der Waals surface area contributed by atoms with E-state index in [0.717, 1.165) is 6.54 Å². The van der Waals surface area contributed by atoms with Crippen LogP contribution in [0.1, 0.15) is 27.7 Å². The molecule has 0 amide bonds. The van der Waals surface area contributed by atoms with Gasteiger partial charge in [-0.3, -0.25) is 4.90 Å². The number of rotatable bonds is 4. The predicted molar refractivity (Wildman–Crippen MR) is 50.6 cm³/mol. The van der Waals surface area contributed by atoms with Crippen molar-refractivity contribution in [3.63, 3.8) is 0 Å². The zero-order chi connectivity index (χ0) is 8.15. The molecule has 0 heterocycles. The second-order valence-corrected chi connectivity index (χ2v) is 3.38. The van der Waals surface area contributed by atoms with Crippen LogP contribution in [0.15, 0.2) is 0 Å². The van der Waals surface area contributed by atoms with Gasteiger partial charge < -0.3 is 0 Å². The topological polar surface area (TPSA) is 3.24 Å². The quantitative estimate of drug-likeness (QED) is 0.578. The normalized spacial score (nSPS) is 11.5. The molecule has 0 aliphatic carbocycles. The van der Waals surface area contributed by atoms with Gasteiger partial charge >= 0.3 is 0 Å². The maximum atomic E-state index is 4.80. The van der Waals surface area contributed by atoms with Crippen LogP contribution in [-0.2, 0) is 0 Å². The molecular formula is C8H17NS. The van der Waals surface area contributed by atoms with Gasteiger partial charge in [-0.05, 0) is 33.1 Å². The first kappa shape index (κ1) is 10.0. The molecule has 60 valence electrons. The third kappa shape index (κ3) is 3.28. The largest absolute Gasteiger partial charge is 0.294 e. The van der Waals surface area contributed by atoms with Crippen molar-refractivity contribution < 1.29 is 0 Å². The Hall–Kier alpha value is 0.0500. The van der Waals surface area contributed by atoms with Crippen LogP contribution in [0.4, 0.5) is 0 Å². The molecule has 0 saturated carbocycles. The van der Waals surface area contributed by atoms with Crippen LogP contribution in [-0.4, -0.2) is 28.9 Å². The van der Waals surface area contributed by atoms with E-state index in [2.05, 4.69) is 32.6 Å². The molecule has 0 aromatic heterocycles. The second-order valence-electron chi connectivity index (χ2n) is 3.05. The van der Waals surface area contributed by atoms with Gasteiger partial charge in [0.25, 0.3) is 0 Å². The van der Waals surface area contributed by atoms with E-state index in [1.807, 2.05) is 0 Å². The lowest BCUT2D eigenvalue weighted by Gasteiger charge is -2.28. The number of hydrogen-bond acceptors (Lipinski definition) is 2. The van der Waals surface area contributed by atoms with Crippen LogP contribution >= 0.6 is 12.2 Å². The van der Waals surface area contributed by atoms with Crippen molar-refractivity contribution >= 4 is 17.6 Å². The van der Waals surface area contributed by atoms with Gasteiger partial charge in [0, 0.05) is 18.6 Å². The third-order valence-corrected chi connectivity index (χ3v) is 1.76. The molecule has 0 unspecified atom stereocenters. The predicted octanol–water partition coefficient (Wildman–Crippen LogP) is 2.10. The average Bonchev–Trinajstić information content (AvgIpc) is 1.81. The first-order valence-electron chi connectivity index (χ1n) is 3.79. The number of hydrogen-bond donors (Lipinski definition) is 0. The molecule has 0 bridgehead atoms. The molecule has 0 aromatic carbocycles. The fraction of sp³-hybridized carbons (Fsp3) is 0.875. The summed E-state index contributed by atoms with van der Waals surface area (Å²) in [6.45, 7) is 9.69. The highest BCUT2D eigenvalue weighted by Gasteiger charge is 2.10. The molecule has 1 nitrogen and oxygen atoms in total. The van der Waals surface area contributed by atoms with E-state index in [9.17, 15) is 0 Å². The minimum absolute atomic E-state index is 0.596. The molecular weight excluding hydrogens is 142 g/mol. The van der Waals surface area contributed by atoms with Crippen molar-refractivity contribution in [3.05, 3.63) is 0 Å². The van der Waals surface area contributed by atoms with Gasteiger partial charge in [-0.2, -0.15) is 0 Å². The van der Waals surface area contributed by atoms with E-state index >= 15 is 0 Å². The van der Waals surface area contributed by atoms with E-state index in [4.69, 9.17) is 12.2 Å². The van der Waals surface area contributed by atoms with E-state index in [-0.39, 0.29) is 0 Å². The van der Waals surface area contributed by atoms with Gasteiger partial charge in [0.2, 0.25) is 0 Å². The van der Waals surface area contributed by atoms with Gasteiger partial charge in [-0.25, -0.2) is 0 Å². The Morgan fingerprint density at radius 2 is 1.60 bits per heavy atom.